The second kappa shape index (κ2) is 7.57. The predicted octanol–water partition coefficient (Wildman–Crippen LogP) is 3.13. The van der Waals surface area contributed by atoms with E-state index >= 15 is 0 Å². The lowest BCUT2D eigenvalue weighted by Crippen LogP contribution is -2.44. The molecule has 1 aromatic carbocycles. The van der Waals surface area contributed by atoms with Crippen LogP contribution in [0.25, 0.3) is 0 Å². The third-order valence-electron chi connectivity index (χ3n) is 4.14. The second-order valence-corrected chi connectivity index (χ2v) is 6.30. The highest BCUT2D eigenvalue weighted by Crippen LogP contribution is 2.16. The maximum Gasteiger partial charge on any atom is 0.270 e. The van der Waals surface area contributed by atoms with Crippen molar-refractivity contribution in [1.82, 2.24) is 15.2 Å². The van der Waals surface area contributed by atoms with Gasteiger partial charge in [0.15, 0.2) is 0 Å². The molecular formula is C18H20ClN3O. The van der Waals surface area contributed by atoms with Gasteiger partial charge in [0.1, 0.15) is 5.69 Å². The molecule has 0 atom stereocenters. The van der Waals surface area contributed by atoms with Gasteiger partial charge in [-0.15, -0.1) is 0 Å². The zero-order valence-corrected chi connectivity index (χ0v) is 13.7. The van der Waals surface area contributed by atoms with Crippen molar-refractivity contribution in [3.63, 3.8) is 0 Å². The number of piperidine rings is 1. The Morgan fingerprint density at radius 2 is 1.91 bits per heavy atom. The third kappa shape index (κ3) is 4.53. The molecule has 2 heterocycles. The Bertz CT molecular complexity index is 637. The average Bonchev–Trinajstić information content (AvgIpc) is 2.59. The molecule has 1 aliphatic heterocycles. The molecule has 1 aromatic heterocycles. The van der Waals surface area contributed by atoms with Gasteiger partial charge in [-0.1, -0.05) is 29.8 Å². The van der Waals surface area contributed by atoms with Crippen LogP contribution in [-0.2, 0) is 6.54 Å². The predicted molar refractivity (Wildman–Crippen MR) is 91.5 cm³/mol. The number of carbonyl (C=O) groups is 1. The summed E-state index contributed by atoms with van der Waals surface area (Å²) in [7, 11) is 0. The van der Waals surface area contributed by atoms with E-state index in [2.05, 4.69) is 27.3 Å². The molecule has 5 heteroatoms. The van der Waals surface area contributed by atoms with Crippen LogP contribution in [0.4, 0.5) is 0 Å². The number of carbonyl (C=O) groups excluding carboxylic acids is 1. The molecule has 23 heavy (non-hydrogen) atoms. The number of likely N-dealkylation sites (tertiary alicyclic amines) is 1. The molecule has 0 aliphatic carbocycles. The molecule has 1 saturated heterocycles. The number of hydrogen-bond donors (Lipinski definition) is 1. The first-order valence-electron chi connectivity index (χ1n) is 7.89. The summed E-state index contributed by atoms with van der Waals surface area (Å²) in [4.78, 5) is 18.6. The van der Waals surface area contributed by atoms with E-state index in [1.165, 1.54) is 5.56 Å². The lowest BCUT2D eigenvalue weighted by Gasteiger charge is -2.32. The van der Waals surface area contributed by atoms with Crippen LogP contribution in [0.2, 0.25) is 5.02 Å². The molecule has 0 bridgehead atoms. The largest absolute Gasteiger partial charge is 0.348 e. The van der Waals surface area contributed by atoms with Gasteiger partial charge in [-0.25, -0.2) is 0 Å². The van der Waals surface area contributed by atoms with E-state index in [0.29, 0.717) is 5.69 Å². The van der Waals surface area contributed by atoms with Crippen molar-refractivity contribution in [3.8, 4) is 0 Å². The number of pyridine rings is 1. The van der Waals surface area contributed by atoms with Crippen LogP contribution in [-0.4, -0.2) is 34.9 Å². The van der Waals surface area contributed by atoms with Gasteiger partial charge in [0.2, 0.25) is 0 Å². The highest BCUT2D eigenvalue weighted by Gasteiger charge is 2.21. The topological polar surface area (TPSA) is 45.2 Å². The van der Waals surface area contributed by atoms with E-state index in [0.717, 1.165) is 37.5 Å². The van der Waals surface area contributed by atoms with Crippen molar-refractivity contribution in [3.05, 3.63) is 64.9 Å². The summed E-state index contributed by atoms with van der Waals surface area (Å²) < 4.78 is 0. The molecule has 0 spiro atoms. The zero-order valence-electron chi connectivity index (χ0n) is 12.9. The molecule has 0 unspecified atom stereocenters. The molecule has 1 N–H and O–H groups in total. The van der Waals surface area contributed by atoms with E-state index < -0.39 is 0 Å². The number of halogens is 1. The monoisotopic (exact) mass is 329 g/mol. The van der Waals surface area contributed by atoms with Gasteiger partial charge >= 0.3 is 0 Å². The van der Waals surface area contributed by atoms with E-state index in [1.54, 1.807) is 12.3 Å². The summed E-state index contributed by atoms with van der Waals surface area (Å²) in [6, 6.07) is 13.6. The second-order valence-electron chi connectivity index (χ2n) is 5.87. The summed E-state index contributed by atoms with van der Waals surface area (Å²) >= 11 is 5.91. The molecule has 4 nitrogen and oxygen atoms in total. The van der Waals surface area contributed by atoms with E-state index in [1.807, 2.05) is 24.3 Å². The minimum Gasteiger partial charge on any atom is -0.348 e. The fraction of sp³-hybridized carbons (Fsp3) is 0.333. The summed E-state index contributed by atoms with van der Waals surface area (Å²) in [5.41, 5.74) is 1.75. The van der Waals surface area contributed by atoms with Crippen molar-refractivity contribution in [2.45, 2.75) is 25.4 Å². The third-order valence-corrected chi connectivity index (χ3v) is 4.39. The van der Waals surface area contributed by atoms with Gasteiger partial charge in [-0.3, -0.25) is 14.7 Å². The highest BCUT2D eigenvalue weighted by atomic mass is 35.5. The number of rotatable bonds is 4. The van der Waals surface area contributed by atoms with Crippen LogP contribution < -0.4 is 5.32 Å². The van der Waals surface area contributed by atoms with Crippen LogP contribution in [0.3, 0.4) is 0 Å². The zero-order chi connectivity index (χ0) is 16.1. The first kappa shape index (κ1) is 16.0. The van der Waals surface area contributed by atoms with Gasteiger partial charge in [-0.05, 0) is 42.7 Å². The first-order valence-corrected chi connectivity index (χ1v) is 8.27. The number of nitrogens with one attached hydrogen (secondary N) is 1. The number of hydrogen-bond acceptors (Lipinski definition) is 3. The molecule has 1 amide bonds. The summed E-state index contributed by atoms with van der Waals surface area (Å²) in [5, 5.41) is 3.85. The Morgan fingerprint density at radius 3 is 2.57 bits per heavy atom. The lowest BCUT2D eigenvalue weighted by atomic mass is 10.0. The molecule has 3 rings (SSSR count). The molecule has 0 saturated carbocycles. The maximum absolute atomic E-state index is 12.1. The lowest BCUT2D eigenvalue weighted by molar-refractivity contribution is 0.0904. The normalized spacial score (nSPS) is 16.2. The molecular weight excluding hydrogens is 310 g/mol. The van der Waals surface area contributed by atoms with Crippen LogP contribution in [0.1, 0.15) is 28.9 Å². The van der Waals surface area contributed by atoms with E-state index in [-0.39, 0.29) is 11.9 Å². The fourth-order valence-electron chi connectivity index (χ4n) is 2.84. The quantitative estimate of drug-likeness (QED) is 0.937. The number of aromatic nitrogens is 1. The van der Waals surface area contributed by atoms with E-state index in [4.69, 9.17) is 11.6 Å². The van der Waals surface area contributed by atoms with E-state index in [9.17, 15) is 4.79 Å². The van der Waals surface area contributed by atoms with Crippen molar-refractivity contribution >= 4 is 17.5 Å². The van der Waals surface area contributed by atoms with Crippen molar-refractivity contribution in [2.24, 2.45) is 0 Å². The first-order chi connectivity index (χ1) is 11.2. The van der Waals surface area contributed by atoms with Gasteiger partial charge in [0, 0.05) is 36.9 Å². The Morgan fingerprint density at radius 1 is 1.17 bits per heavy atom. The standard InChI is InChI=1S/C18H20ClN3O/c19-15-6-4-14(5-7-15)13-22-11-8-16(9-12-22)21-18(23)17-3-1-2-10-20-17/h1-7,10,16H,8-9,11-13H2,(H,21,23). The number of nitrogens with zero attached hydrogens (tertiary/aromatic N) is 2. The Hall–Kier alpha value is -1.91. The Kier molecular flexibility index (Phi) is 5.26. The minimum atomic E-state index is -0.0817. The molecule has 120 valence electrons. The minimum absolute atomic E-state index is 0.0817. The molecule has 0 radical (unpaired) electrons. The summed E-state index contributed by atoms with van der Waals surface area (Å²) in [5.74, 6) is -0.0817. The molecule has 1 fully saturated rings. The van der Waals surface area contributed by atoms with Crippen LogP contribution >= 0.6 is 11.6 Å². The number of benzene rings is 1. The average molecular weight is 330 g/mol. The van der Waals surface area contributed by atoms with Gasteiger partial charge in [0.05, 0.1) is 0 Å². The Labute approximate surface area is 141 Å². The Balaban J connectivity index is 1.47. The van der Waals surface area contributed by atoms with Crippen molar-refractivity contribution in [2.75, 3.05) is 13.1 Å². The summed E-state index contributed by atoms with van der Waals surface area (Å²) in [6.45, 7) is 2.89. The summed E-state index contributed by atoms with van der Waals surface area (Å²) in [6.07, 6.45) is 3.57. The smallest absolute Gasteiger partial charge is 0.270 e. The maximum atomic E-state index is 12.1. The van der Waals surface area contributed by atoms with Crippen LogP contribution in [0.15, 0.2) is 48.7 Å². The van der Waals surface area contributed by atoms with Crippen molar-refractivity contribution in [1.29, 1.82) is 0 Å². The molecule has 1 aliphatic rings. The highest BCUT2D eigenvalue weighted by molar-refractivity contribution is 6.30. The molecule has 2 aromatic rings. The fourth-order valence-corrected chi connectivity index (χ4v) is 2.97. The SMILES string of the molecule is O=C(NC1CCN(Cc2ccc(Cl)cc2)CC1)c1ccccn1. The number of amides is 1. The van der Waals surface area contributed by atoms with Gasteiger partial charge in [0.25, 0.3) is 5.91 Å². The van der Waals surface area contributed by atoms with Crippen LogP contribution in [0.5, 0.6) is 0 Å². The van der Waals surface area contributed by atoms with Gasteiger partial charge < -0.3 is 5.32 Å². The van der Waals surface area contributed by atoms with Gasteiger partial charge in [-0.2, -0.15) is 0 Å². The van der Waals surface area contributed by atoms with Crippen LogP contribution in [0, 0.1) is 0 Å². The van der Waals surface area contributed by atoms with Crippen molar-refractivity contribution < 1.29 is 4.79 Å².